The zero-order valence-corrected chi connectivity index (χ0v) is 19.6. The molecule has 1 saturated heterocycles. The van der Waals surface area contributed by atoms with Gasteiger partial charge in [-0.25, -0.2) is 0 Å². The van der Waals surface area contributed by atoms with E-state index in [0.717, 1.165) is 37.8 Å². The van der Waals surface area contributed by atoms with Gasteiger partial charge in [0.25, 0.3) is 5.91 Å². The number of carbonyl (C=O) groups is 1. The Morgan fingerprint density at radius 1 is 1.09 bits per heavy atom. The van der Waals surface area contributed by atoms with E-state index in [1.54, 1.807) is 26.0 Å². The maximum Gasteiger partial charge on any atom is 0.253 e. The Kier molecular flexibility index (Phi) is 8.64. The van der Waals surface area contributed by atoms with Gasteiger partial charge in [0.15, 0.2) is 5.96 Å². The molecule has 32 heavy (non-hydrogen) atoms. The number of morpholine rings is 1. The Morgan fingerprint density at radius 3 is 2.44 bits per heavy atom. The van der Waals surface area contributed by atoms with Crippen LogP contribution in [0.5, 0.6) is 0 Å². The first-order valence-corrected chi connectivity index (χ1v) is 11.1. The average Bonchev–Trinajstić information content (AvgIpc) is 2.79. The topological polar surface area (TPSA) is 69.2 Å². The second-order valence-electron chi connectivity index (χ2n) is 8.41. The lowest BCUT2D eigenvalue weighted by Crippen LogP contribution is -2.40. The maximum absolute atomic E-state index is 12.0. The fourth-order valence-electron chi connectivity index (χ4n) is 3.75. The number of carbonyl (C=O) groups excluding carboxylic acids is 1. The third-order valence-corrected chi connectivity index (χ3v) is 5.47. The Bertz CT molecular complexity index is 911. The number of amides is 1. The van der Waals surface area contributed by atoms with Crippen LogP contribution in [0.3, 0.4) is 0 Å². The number of rotatable bonds is 7. The smallest absolute Gasteiger partial charge is 0.253 e. The van der Waals surface area contributed by atoms with Crippen LogP contribution in [0.2, 0.25) is 0 Å². The molecule has 1 aliphatic rings. The molecule has 0 aliphatic carbocycles. The van der Waals surface area contributed by atoms with Crippen LogP contribution in [0.15, 0.2) is 53.5 Å². The molecule has 1 amide bonds. The van der Waals surface area contributed by atoms with Gasteiger partial charge in [-0.1, -0.05) is 36.4 Å². The second kappa shape index (κ2) is 11.6. The highest BCUT2D eigenvalue weighted by molar-refractivity contribution is 5.93. The monoisotopic (exact) mass is 437 g/mol. The molecule has 1 aliphatic heterocycles. The van der Waals surface area contributed by atoms with Crippen molar-refractivity contribution in [1.82, 2.24) is 20.4 Å². The molecule has 1 heterocycles. The standard InChI is InChI=1S/C25H35N5O2/c1-19-17-30(12-13-32-19)18-22-7-5-6-21(14-22)16-28-25(26-2)27-15-20-8-10-23(11-9-20)24(31)29(3)4/h5-11,14,19H,12-13,15-18H2,1-4H3,(H2,26,27,28). The molecule has 0 bridgehead atoms. The summed E-state index contributed by atoms with van der Waals surface area (Å²) in [6.45, 7) is 7.16. The van der Waals surface area contributed by atoms with Crippen LogP contribution >= 0.6 is 0 Å². The number of ether oxygens (including phenoxy) is 1. The molecule has 172 valence electrons. The molecule has 1 atom stereocenters. The van der Waals surface area contributed by atoms with Gasteiger partial charge < -0.3 is 20.3 Å². The molecule has 7 heteroatoms. The number of nitrogens with zero attached hydrogens (tertiary/aromatic N) is 3. The third kappa shape index (κ3) is 7.07. The van der Waals surface area contributed by atoms with Crippen molar-refractivity contribution in [1.29, 1.82) is 0 Å². The third-order valence-electron chi connectivity index (χ3n) is 5.47. The fourth-order valence-corrected chi connectivity index (χ4v) is 3.75. The highest BCUT2D eigenvalue weighted by Gasteiger charge is 2.16. The quantitative estimate of drug-likeness (QED) is 0.515. The van der Waals surface area contributed by atoms with Gasteiger partial charge in [0.1, 0.15) is 0 Å². The van der Waals surface area contributed by atoms with Gasteiger partial charge in [-0.2, -0.15) is 0 Å². The predicted octanol–water partition coefficient (Wildman–Crippen LogP) is 2.47. The molecule has 1 unspecified atom stereocenters. The van der Waals surface area contributed by atoms with Crippen molar-refractivity contribution in [2.75, 3.05) is 40.8 Å². The average molecular weight is 438 g/mol. The van der Waals surface area contributed by atoms with Crippen LogP contribution in [0.4, 0.5) is 0 Å². The van der Waals surface area contributed by atoms with Crippen LogP contribution in [-0.4, -0.2) is 68.6 Å². The van der Waals surface area contributed by atoms with E-state index in [0.29, 0.717) is 24.8 Å². The normalized spacial score (nSPS) is 17.1. The summed E-state index contributed by atoms with van der Waals surface area (Å²) in [5.74, 6) is 0.748. The van der Waals surface area contributed by atoms with Gasteiger partial charge in [-0.3, -0.25) is 14.7 Å². The van der Waals surface area contributed by atoms with Crippen molar-refractivity contribution in [2.24, 2.45) is 4.99 Å². The predicted molar refractivity (Wildman–Crippen MR) is 129 cm³/mol. The van der Waals surface area contributed by atoms with Crippen LogP contribution < -0.4 is 10.6 Å². The van der Waals surface area contributed by atoms with Gasteiger partial charge in [0, 0.05) is 59.4 Å². The molecule has 2 N–H and O–H groups in total. The minimum atomic E-state index is 0.00680. The van der Waals surface area contributed by atoms with Crippen molar-refractivity contribution >= 4 is 11.9 Å². The second-order valence-corrected chi connectivity index (χ2v) is 8.41. The molecule has 0 spiro atoms. The van der Waals surface area contributed by atoms with Crippen LogP contribution in [0.1, 0.15) is 34.0 Å². The number of guanidine groups is 1. The van der Waals surface area contributed by atoms with Gasteiger partial charge in [-0.05, 0) is 35.7 Å². The molecule has 2 aromatic carbocycles. The van der Waals surface area contributed by atoms with Crippen molar-refractivity contribution in [3.63, 3.8) is 0 Å². The van der Waals surface area contributed by atoms with Gasteiger partial charge in [-0.15, -0.1) is 0 Å². The molecule has 1 fully saturated rings. The summed E-state index contributed by atoms with van der Waals surface area (Å²) in [6, 6.07) is 16.3. The van der Waals surface area contributed by atoms with E-state index in [1.165, 1.54) is 11.1 Å². The summed E-state index contributed by atoms with van der Waals surface area (Å²) < 4.78 is 5.64. The summed E-state index contributed by atoms with van der Waals surface area (Å²) in [5, 5.41) is 6.72. The minimum Gasteiger partial charge on any atom is -0.376 e. The largest absolute Gasteiger partial charge is 0.376 e. The Morgan fingerprint density at radius 2 is 1.78 bits per heavy atom. The number of hydrogen-bond acceptors (Lipinski definition) is 4. The van der Waals surface area contributed by atoms with Crippen molar-refractivity contribution in [2.45, 2.75) is 32.7 Å². The summed E-state index contributed by atoms with van der Waals surface area (Å²) in [5.41, 5.74) is 4.31. The van der Waals surface area contributed by atoms with Gasteiger partial charge in [0.05, 0.1) is 12.7 Å². The summed E-state index contributed by atoms with van der Waals surface area (Å²) in [6.07, 6.45) is 0.299. The zero-order valence-electron chi connectivity index (χ0n) is 19.6. The molecule has 2 aromatic rings. The Balaban J connectivity index is 1.48. The first kappa shape index (κ1) is 23.8. The summed E-state index contributed by atoms with van der Waals surface area (Å²) in [4.78, 5) is 20.4. The molecular formula is C25H35N5O2. The summed E-state index contributed by atoms with van der Waals surface area (Å²) >= 11 is 0. The van der Waals surface area contributed by atoms with Gasteiger partial charge in [0.2, 0.25) is 0 Å². The maximum atomic E-state index is 12.0. The highest BCUT2D eigenvalue weighted by atomic mass is 16.5. The lowest BCUT2D eigenvalue weighted by Gasteiger charge is -2.31. The fraction of sp³-hybridized carbons (Fsp3) is 0.440. The molecular weight excluding hydrogens is 402 g/mol. The lowest BCUT2D eigenvalue weighted by molar-refractivity contribution is -0.0212. The van der Waals surface area contributed by atoms with E-state index < -0.39 is 0 Å². The van der Waals surface area contributed by atoms with Crippen LogP contribution in [0.25, 0.3) is 0 Å². The van der Waals surface area contributed by atoms with E-state index >= 15 is 0 Å². The van der Waals surface area contributed by atoms with E-state index in [9.17, 15) is 4.79 Å². The zero-order chi connectivity index (χ0) is 22.9. The molecule has 3 rings (SSSR count). The number of benzene rings is 2. The number of aliphatic imine (C=N–C) groups is 1. The van der Waals surface area contributed by atoms with Crippen molar-refractivity contribution < 1.29 is 9.53 Å². The van der Waals surface area contributed by atoms with E-state index in [2.05, 4.69) is 51.7 Å². The Hall–Kier alpha value is -2.90. The number of hydrogen-bond donors (Lipinski definition) is 2. The molecule has 7 nitrogen and oxygen atoms in total. The van der Waals surface area contributed by atoms with Gasteiger partial charge >= 0.3 is 0 Å². The molecule has 0 aromatic heterocycles. The first-order chi connectivity index (χ1) is 15.4. The number of nitrogens with one attached hydrogen (secondary N) is 2. The molecule has 0 saturated carbocycles. The highest BCUT2D eigenvalue weighted by Crippen LogP contribution is 2.12. The summed E-state index contributed by atoms with van der Waals surface area (Å²) in [7, 11) is 5.28. The first-order valence-electron chi connectivity index (χ1n) is 11.1. The van der Waals surface area contributed by atoms with E-state index in [4.69, 9.17) is 4.74 Å². The van der Waals surface area contributed by atoms with Crippen LogP contribution in [-0.2, 0) is 24.4 Å². The molecule has 0 radical (unpaired) electrons. The Labute approximate surface area is 191 Å². The van der Waals surface area contributed by atoms with E-state index in [1.807, 2.05) is 24.3 Å². The minimum absolute atomic E-state index is 0.00680. The van der Waals surface area contributed by atoms with Crippen LogP contribution in [0, 0.1) is 0 Å². The lowest BCUT2D eigenvalue weighted by atomic mass is 10.1. The van der Waals surface area contributed by atoms with Crippen molar-refractivity contribution in [3.05, 3.63) is 70.8 Å². The van der Waals surface area contributed by atoms with Crippen molar-refractivity contribution in [3.8, 4) is 0 Å². The SMILES string of the molecule is CN=C(NCc1ccc(C(=O)N(C)C)cc1)NCc1cccc(CN2CCOC(C)C2)c1. The van der Waals surface area contributed by atoms with E-state index in [-0.39, 0.29) is 5.91 Å².